The number of amides is 1. The molecule has 0 spiro atoms. The van der Waals surface area contributed by atoms with E-state index < -0.39 is 0 Å². The van der Waals surface area contributed by atoms with Crippen LogP contribution >= 0.6 is 0 Å². The van der Waals surface area contributed by atoms with E-state index in [4.69, 9.17) is 0 Å². The van der Waals surface area contributed by atoms with Gasteiger partial charge in [-0.3, -0.25) is 14.9 Å². The minimum absolute atomic E-state index is 0. The molecule has 41 heavy (non-hydrogen) atoms. The molecule has 1 amide bonds. The Morgan fingerprint density at radius 2 is 1.63 bits per heavy atom. The van der Waals surface area contributed by atoms with E-state index in [1.807, 2.05) is 19.9 Å². The van der Waals surface area contributed by atoms with E-state index in [2.05, 4.69) is 82.2 Å². The van der Waals surface area contributed by atoms with Crippen molar-refractivity contribution in [2.45, 2.75) is 67.5 Å². The van der Waals surface area contributed by atoms with Gasteiger partial charge in [0.1, 0.15) is 5.84 Å². The van der Waals surface area contributed by atoms with Crippen LogP contribution in [0.4, 0.5) is 5.82 Å². The number of likely N-dealkylation sites (tertiary alicyclic amines) is 1. The zero-order chi connectivity index (χ0) is 28.9. The number of carbonyl (C=O) groups is 1. The predicted octanol–water partition coefficient (Wildman–Crippen LogP) is 7.28. The number of nitrogens with zero attached hydrogens (tertiary/aromatic N) is 5. The Balaban J connectivity index is 0.00000192. The molecule has 222 valence electrons. The lowest BCUT2D eigenvalue weighted by Gasteiger charge is -2.29. The van der Waals surface area contributed by atoms with Crippen LogP contribution in [0.2, 0.25) is 0 Å². The summed E-state index contributed by atoms with van der Waals surface area (Å²) < 4.78 is 0. The minimum Gasteiger partial charge on any atom is -0.351 e. The molecule has 0 bridgehead atoms. The molecule has 7 heteroatoms. The maximum absolute atomic E-state index is 11.6. The highest BCUT2D eigenvalue weighted by Gasteiger charge is 2.21. The van der Waals surface area contributed by atoms with Gasteiger partial charge in [0.25, 0.3) is 0 Å². The van der Waals surface area contributed by atoms with Gasteiger partial charge < -0.3 is 4.90 Å². The van der Waals surface area contributed by atoms with Crippen LogP contribution < -0.4 is 5.06 Å². The van der Waals surface area contributed by atoms with Crippen LogP contribution in [0.25, 0.3) is 11.1 Å². The molecule has 4 rings (SSSR count). The van der Waals surface area contributed by atoms with E-state index in [0.717, 1.165) is 17.2 Å². The average molecular weight is 560 g/mol. The molecule has 1 aliphatic rings. The standard InChI is InChI=1S/C31H39N5O2.C2H6.CH4/c1-24(2)20-36(31(33-23-37)29-14-9-15-32-30(29)34(3)38)22-26-11-8-13-28(19-26)27-12-7-10-25(18-27)21-35-16-5-4-6-17-35;1-2;/h7-15,18-19,23-24,38H,4-6,16-17,20-22H2,1-3H3;1-2H3;1H4. The Morgan fingerprint density at radius 3 is 2.24 bits per heavy atom. The van der Waals surface area contributed by atoms with E-state index in [0.29, 0.717) is 42.6 Å². The van der Waals surface area contributed by atoms with Gasteiger partial charge in [-0.05, 0) is 78.4 Å². The van der Waals surface area contributed by atoms with Gasteiger partial charge in [-0.25, -0.2) is 10.0 Å². The third kappa shape index (κ3) is 9.80. The molecule has 1 aromatic heterocycles. The van der Waals surface area contributed by atoms with Crippen LogP contribution in [0.15, 0.2) is 71.9 Å². The fourth-order valence-electron chi connectivity index (χ4n) is 5.16. The fourth-order valence-corrected chi connectivity index (χ4v) is 5.16. The summed E-state index contributed by atoms with van der Waals surface area (Å²) in [5.74, 6) is 1.17. The van der Waals surface area contributed by atoms with Gasteiger partial charge in [0.15, 0.2) is 5.82 Å². The molecule has 0 atom stereocenters. The highest BCUT2D eigenvalue weighted by molar-refractivity contribution is 6.05. The van der Waals surface area contributed by atoms with Crippen LogP contribution in [0.5, 0.6) is 0 Å². The maximum Gasteiger partial charge on any atom is 0.234 e. The number of rotatable bonds is 10. The first kappa shape index (κ1) is 33.7. The zero-order valence-electron chi connectivity index (χ0n) is 24.8. The second kappa shape index (κ2) is 17.3. The third-order valence-corrected chi connectivity index (χ3v) is 6.81. The first-order valence-electron chi connectivity index (χ1n) is 14.5. The largest absolute Gasteiger partial charge is 0.351 e. The minimum atomic E-state index is 0. The van der Waals surface area contributed by atoms with Crippen molar-refractivity contribution in [2.24, 2.45) is 10.9 Å². The summed E-state index contributed by atoms with van der Waals surface area (Å²) in [5.41, 5.74) is 5.43. The molecular formula is C34H49N5O2. The van der Waals surface area contributed by atoms with E-state index in [1.165, 1.54) is 56.1 Å². The number of aromatic nitrogens is 1. The molecule has 1 saturated heterocycles. The topological polar surface area (TPSA) is 72.3 Å². The predicted molar refractivity (Wildman–Crippen MR) is 171 cm³/mol. The molecule has 1 aliphatic heterocycles. The molecule has 0 radical (unpaired) electrons. The lowest BCUT2D eigenvalue weighted by Crippen LogP contribution is -2.35. The molecule has 0 unspecified atom stereocenters. The molecule has 2 heterocycles. The van der Waals surface area contributed by atoms with E-state index in [-0.39, 0.29) is 7.43 Å². The van der Waals surface area contributed by atoms with Crippen molar-refractivity contribution in [3.05, 3.63) is 83.6 Å². The van der Waals surface area contributed by atoms with E-state index in [9.17, 15) is 10.0 Å². The van der Waals surface area contributed by atoms with Crippen LogP contribution in [0, 0.1) is 5.92 Å². The molecule has 1 fully saturated rings. The van der Waals surface area contributed by atoms with Crippen molar-refractivity contribution in [3.8, 4) is 11.1 Å². The van der Waals surface area contributed by atoms with Gasteiger partial charge in [0, 0.05) is 32.9 Å². The third-order valence-electron chi connectivity index (χ3n) is 6.81. The van der Waals surface area contributed by atoms with Gasteiger partial charge in [-0.15, -0.1) is 0 Å². The van der Waals surface area contributed by atoms with E-state index >= 15 is 0 Å². The number of carbonyl (C=O) groups excluding carboxylic acids is 1. The summed E-state index contributed by atoms with van der Waals surface area (Å²) in [5, 5.41) is 11.1. The number of pyridine rings is 1. The Bertz CT molecular complexity index is 1240. The normalized spacial score (nSPS) is 13.6. The van der Waals surface area contributed by atoms with E-state index in [1.54, 1.807) is 12.3 Å². The number of hydrogen-bond donors (Lipinski definition) is 1. The summed E-state index contributed by atoms with van der Waals surface area (Å²) in [4.78, 5) is 24.8. The lowest BCUT2D eigenvalue weighted by molar-refractivity contribution is -0.106. The van der Waals surface area contributed by atoms with Crippen molar-refractivity contribution in [1.29, 1.82) is 0 Å². The monoisotopic (exact) mass is 559 g/mol. The Morgan fingerprint density at radius 1 is 1.00 bits per heavy atom. The molecule has 3 aromatic rings. The van der Waals surface area contributed by atoms with Crippen LogP contribution in [0.1, 0.15) is 71.1 Å². The van der Waals surface area contributed by atoms with Gasteiger partial charge in [-0.1, -0.05) is 77.9 Å². The average Bonchev–Trinajstić information content (AvgIpc) is 2.97. The SMILES string of the molecule is C.CC.CC(C)CN(Cc1cccc(-c2cccc(CN3CCCCC3)c2)c1)C(=NC=O)c1cccnc1N(C)O. The molecule has 1 N–H and O–H groups in total. The molecule has 0 saturated carbocycles. The van der Waals surface area contributed by atoms with Crippen LogP contribution in [-0.4, -0.2) is 58.9 Å². The first-order chi connectivity index (χ1) is 19.4. The lowest BCUT2D eigenvalue weighted by atomic mass is 10.00. The van der Waals surface area contributed by atoms with Crippen molar-refractivity contribution in [1.82, 2.24) is 14.8 Å². The van der Waals surface area contributed by atoms with Crippen LogP contribution in [0.3, 0.4) is 0 Å². The Labute approximate surface area is 247 Å². The summed E-state index contributed by atoms with van der Waals surface area (Å²) in [7, 11) is 1.51. The number of benzene rings is 2. The highest BCUT2D eigenvalue weighted by atomic mass is 16.5. The molecule has 0 aliphatic carbocycles. The number of amidine groups is 1. The summed E-state index contributed by atoms with van der Waals surface area (Å²) in [6.07, 6.45) is 6.09. The summed E-state index contributed by atoms with van der Waals surface area (Å²) >= 11 is 0. The summed E-state index contributed by atoms with van der Waals surface area (Å²) in [6.45, 7) is 12.9. The second-order valence-electron chi connectivity index (χ2n) is 10.5. The van der Waals surface area contributed by atoms with Crippen molar-refractivity contribution >= 4 is 18.1 Å². The van der Waals surface area contributed by atoms with Gasteiger partial charge in [-0.2, -0.15) is 4.99 Å². The van der Waals surface area contributed by atoms with Gasteiger partial charge in [0.2, 0.25) is 6.41 Å². The number of piperidine rings is 1. The number of hydrogen-bond acceptors (Lipinski definition) is 5. The molecule has 7 nitrogen and oxygen atoms in total. The maximum atomic E-state index is 11.6. The molecular weight excluding hydrogens is 510 g/mol. The van der Waals surface area contributed by atoms with Crippen LogP contribution in [-0.2, 0) is 17.9 Å². The van der Waals surface area contributed by atoms with Crippen molar-refractivity contribution in [2.75, 3.05) is 31.7 Å². The first-order valence-corrected chi connectivity index (χ1v) is 14.5. The molecule has 2 aromatic carbocycles. The Hall–Kier alpha value is -3.55. The van der Waals surface area contributed by atoms with Gasteiger partial charge >= 0.3 is 0 Å². The number of anilines is 1. The highest BCUT2D eigenvalue weighted by Crippen LogP contribution is 2.25. The fraction of sp³-hybridized carbons (Fsp3) is 0.441. The quantitative estimate of drug-likeness (QED) is 0.122. The second-order valence-corrected chi connectivity index (χ2v) is 10.5. The number of hydroxylamine groups is 1. The summed E-state index contributed by atoms with van der Waals surface area (Å²) in [6, 6.07) is 21.0. The Kier molecular flexibility index (Phi) is 14.2. The number of aliphatic imine (C=N–C) groups is 1. The van der Waals surface area contributed by atoms with Gasteiger partial charge in [0.05, 0.1) is 5.56 Å². The van der Waals surface area contributed by atoms with Crippen molar-refractivity contribution in [3.63, 3.8) is 0 Å². The zero-order valence-corrected chi connectivity index (χ0v) is 24.8. The smallest absolute Gasteiger partial charge is 0.234 e. The van der Waals surface area contributed by atoms with Crippen molar-refractivity contribution < 1.29 is 10.0 Å².